The van der Waals surface area contributed by atoms with E-state index in [1.54, 1.807) is 19.2 Å². The van der Waals surface area contributed by atoms with E-state index in [0.29, 0.717) is 42.2 Å². The van der Waals surface area contributed by atoms with Crippen molar-refractivity contribution in [2.45, 2.75) is 19.1 Å². The van der Waals surface area contributed by atoms with E-state index in [-0.39, 0.29) is 25.1 Å². The van der Waals surface area contributed by atoms with Crippen molar-refractivity contribution in [1.82, 2.24) is 24.1 Å². The predicted octanol–water partition coefficient (Wildman–Crippen LogP) is 1.24. The number of fused-ring (bicyclic) bond motifs is 2. The van der Waals surface area contributed by atoms with Crippen LogP contribution < -0.4 is 16.0 Å². The zero-order valence-electron chi connectivity index (χ0n) is 20.9. The molecule has 1 atom stereocenters. The minimum Gasteiger partial charge on any atom is -0.497 e. The van der Waals surface area contributed by atoms with Gasteiger partial charge in [-0.1, -0.05) is 23.4 Å². The van der Waals surface area contributed by atoms with Crippen LogP contribution in [0.1, 0.15) is 11.1 Å². The van der Waals surface area contributed by atoms with E-state index in [0.717, 1.165) is 24.2 Å². The van der Waals surface area contributed by atoms with Gasteiger partial charge in [0.25, 0.3) is 5.56 Å². The Morgan fingerprint density at radius 2 is 1.82 bits per heavy atom. The molecule has 196 valence electrons. The van der Waals surface area contributed by atoms with E-state index in [1.165, 1.54) is 21.4 Å². The van der Waals surface area contributed by atoms with Gasteiger partial charge in [0.15, 0.2) is 11.4 Å². The summed E-state index contributed by atoms with van der Waals surface area (Å²) in [6.45, 7) is 3.68. The van der Waals surface area contributed by atoms with Crippen molar-refractivity contribution in [2.75, 3.05) is 40.0 Å². The highest BCUT2D eigenvalue weighted by Crippen LogP contribution is 2.24. The number of ether oxygens (including phenoxy) is 2. The summed E-state index contributed by atoms with van der Waals surface area (Å²) in [4.78, 5) is 42.3. The van der Waals surface area contributed by atoms with Crippen LogP contribution in [0.5, 0.6) is 5.75 Å². The van der Waals surface area contributed by atoms with E-state index in [2.05, 4.69) is 10.1 Å². The number of amides is 1. The average Bonchev–Trinajstić information content (AvgIpc) is 3.34. The van der Waals surface area contributed by atoms with Gasteiger partial charge in [0, 0.05) is 38.4 Å². The number of carbonyl (C=O) groups is 1. The Kier molecular flexibility index (Phi) is 6.30. The third kappa shape index (κ3) is 4.50. The Bertz CT molecular complexity index is 1600. The first-order chi connectivity index (χ1) is 18.5. The molecule has 38 heavy (non-hydrogen) atoms. The van der Waals surface area contributed by atoms with Crippen molar-refractivity contribution in [3.05, 3.63) is 86.7 Å². The Morgan fingerprint density at radius 3 is 2.63 bits per heavy atom. The van der Waals surface area contributed by atoms with Gasteiger partial charge in [-0.05, 0) is 35.4 Å². The smallest absolute Gasteiger partial charge is 0.337 e. The molecule has 0 saturated carbocycles. The van der Waals surface area contributed by atoms with Crippen molar-refractivity contribution < 1.29 is 18.8 Å². The molecule has 0 N–H and O–H groups in total. The third-order valence-electron chi connectivity index (χ3n) is 7.14. The van der Waals surface area contributed by atoms with E-state index in [4.69, 9.17) is 14.0 Å². The second kappa shape index (κ2) is 9.92. The molecule has 0 bridgehead atoms. The number of hydrogen-bond donors (Lipinski definition) is 0. The molecule has 4 aromatic rings. The van der Waals surface area contributed by atoms with Gasteiger partial charge in [-0.25, -0.2) is 9.36 Å². The summed E-state index contributed by atoms with van der Waals surface area (Å²) in [5, 5.41) is 4.83. The molecule has 1 amide bonds. The van der Waals surface area contributed by atoms with Crippen LogP contribution in [0.2, 0.25) is 0 Å². The normalized spacial score (nSPS) is 18.1. The van der Waals surface area contributed by atoms with Crippen molar-refractivity contribution >= 4 is 16.9 Å². The second-order valence-corrected chi connectivity index (χ2v) is 9.57. The second-order valence-electron chi connectivity index (χ2n) is 9.57. The lowest BCUT2D eigenvalue weighted by molar-refractivity contribution is -0.152. The summed E-state index contributed by atoms with van der Waals surface area (Å²) in [6.07, 6.45) is 1.43. The molecule has 1 unspecified atom stereocenters. The first-order valence-corrected chi connectivity index (χ1v) is 12.4. The third-order valence-corrected chi connectivity index (χ3v) is 7.14. The van der Waals surface area contributed by atoms with Crippen LogP contribution in [-0.4, -0.2) is 76.0 Å². The molecule has 2 aliphatic rings. The van der Waals surface area contributed by atoms with Gasteiger partial charge >= 0.3 is 5.69 Å². The Morgan fingerprint density at radius 1 is 1.00 bits per heavy atom. The number of carbonyl (C=O) groups excluding carboxylic acids is 1. The number of hydrogen-bond acceptors (Lipinski definition) is 8. The fourth-order valence-electron chi connectivity index (χ4n) is 5.14. The van der Waals surface area contributed by atoms with Crippen LogP contribution in [0.25, 0.3) is 16.8 Å². The van der Waals surface area contributed by atoms with Gasteiger partial charge < -0.3 is 18.9 Å². The molecule has 2 aromatic carbocycles. The number of methoxy groups -OCH3 is 1. The number of morpholine rings is 1. The number of benzene rings is 2. The molecule has 11 heteroatoms. The highest BCUT2D eigenvalue weighted by molar-refractivity contribution is 5.84. The molecule has 2 aliphatic heterocycles. The van der Waals surface area contributed by atoms with Crippen LogP contribution in [0.3, 0.4) is 0 Å². The monoisotopic (exact) mass is 517 g/mol. The van der Waals surface area contributed by atoms with Gasteiger partial charge in [0.1, 0.15) is 12.4 Å². The first-order valence-electron chi connectivity index (χ1n) is 12.4. The fraction of sp³-hybridized carbons (Fsp3) is 0.333. The van der Waals surface area contributed by atoms with Crippen LogP contribution in [0, 0.1) is 0 Å². The molecule has 0 spiro atoms. The molecule has 11 nitrogen and oxygen atoms in total. The maximum atomic E-state index is 13.4. The summed E-state index contributed by atoms with van der Waals surface area (Å²) >= 11 is 0. The summed E-state index contributed by atoms with van der Waals surface area (Å²) < 4.78 is 18.6. The number of nitrogens with zero attached hydrogens (tertiary/aromatic N) is 5. The number of aromatic nitrogens is 3. The largest absolute Gasteiger partial charge is 0.497 e. The average molecular weight is 518 g/mol. The van der Waals surface area contributed by atoms with E-state index in [9.17, 15) is 14.4 Å². The van der Waals surface area contributed by atoms with Gasteiger partial charge in [0.05, 0.1) is 31.7 Å². The highest BCUT2D eigenvalue weighted by Gasteiger charge is 2.33. The van der Waals surface area contributed by atoms with Gasteiger partial charge in [-0.15, -0.1) is 0 Å². The van der Waals surface area contributed by atoms with Gasteiger partial charge in [-0.3, -0.25) is 19.1 Å². The van der Waals surface area contributed by atoms with E-state index in [1.807, 2.05) is 35.2 Å². The maximum absolute atomic E-state index is 13.4. The molecular weight excluding hydrogens is 490 g/mol. The van der Waals surface area contributed by atoms with Crippen LogP contribution in [-0.2, 0) is 22.6 Å². The summed E-state index contributed by atoms with van der Waals surface area (Å²) in [6, 6.07) is 14.4. The maximum Gasteiger partial charge on any atom is 0.337 e. The minimum atomic E-state index is -0.507. The number of piperazine rings is 1. The van der Waals surface area contributed by atoms with Gasteiger partial charge in [-0.2, -0.15) is 0 Å². The summed E-state index contributed by atoms with van der Waals surface area (Å²) in [5.41, 5.74) is 1.45. The lowest BCUT2D eigenvalue weighted by Crippen LogP contribution is -2.59. The molecule has 4 heterocycles. The Balaban J connectivity index is 1.27. The highest BCUT2D eigenvalue weighted by atomic mass is 16.5. The Hall–Kier alpha value is -4.22. The Labute approximate surface area is 217 Å². The molecule has 0 radical (unpaired) electrons. The summed E-state index contributed by atoms with van der Waals surface area (Å²) in [5.74, 6) is 1.07. The quantitative estimate of drug-likeness (QED) is 0.376. The van der Waals surface area contributed by atoms with Crippen LogP contribution in [0.4, 0.5) is 0 Å². The van der Waals surface area contributed by atoms with Crippen molar-refractivity contribution in [2.24, 2.45) is 0 Å². The predicted molar refractivity (Wildman–Crippen MR) is 138 cm³/mol. The van der Waals surface area contributed by atoms with Crippen molar-refractivity contribution in [3.8, 4) is 11.6 Å². The standard InChI is InChI=1S/C27H27N5O6/c1-36-21-5-2-18(3-6-21)14-32-24(33)8-9-31(27(32)35)26-22-12-19(4-7-23(22)38-28-26)13-29-10-11-30-20(15-29)16-37-17-25(30)34/h2-9,12,20H,10-11,13-17H2,1H3. The molecular formula is C27H27N5O6. The number of rotatable bonds is 6. The molecule has 2 fully saturated rings. The van der Waals surface area contributed by atoms with Gasteiger partial charge in [0.2, 0.25) is 5.91 Å². The van der Waals surface area contributed by atoms with Crippen LogP contribution >= 0.6 is 0 Å². The van der Waals surface area contributed by atoms with Crippen molar-refractivity contribution in [1.29, 1.82) is 0 Å². The SMILES string of the molecule is COc1ccc(Cn2c(=O)ccn(-c3noc4ccc(CN5CCN6C(=O)COCC6C5)cc34)c2=O)cc1. The molecule has 2 aromatic heterocycles. The zero-order valence-corrected chi connectivity index (χ0v) is 20.9. The molecule has 0 aliphatic carbocycles. The fourth-order valence-corrected chi connectivity index (χ4v) is 5.14. The van der Waals surface area contributed by atoms with E-state index < -0.39 is 11.2 Å². The summed E-state index contributed by atoms with van der Waals surface area (Å²) in [7, 11) is 1.58. The topological polar surface area (TPSA) is 112 Å². The van der Waals surface area contributed by atoms with E-state index >= 15 is 0 Å². The zero-order chi connectivity index (χ0) is 26.2. The molecule has 2 saturated heterocycles. The van der Waals surface area contributed by atoms with Crippen molar-refractivity contribution in [3.63, 3.8) is 0 Å². The lowest BCUT2D eigenvalue weighted by Gasteiger charge is -2.43. The lowest BCUT2D eigenvalue weighted by atomic mass is 10.1. The van der Waals surface area contributed by atoms with Crippen LogP contribution in [0.15, 0.2) is 68.8 Å². The molecule has 6 rings (SSSR count). The minimum absolute atomic E-state index is 0.0511. The first kappa shape index (κ1) is 24.1.